The lowest BCUT2D eigenvalue weighted by molar-refractivity contribution is -0.128. The smallest absolute Gasteiger partial charge is 0.223 e. The molecule has 0 saturated carbocycles. The fourth-order valence-electron chi connectivity index (χ4n) is 1.13. The molecule has 0 aromatic carbocycles. The van der Waals surface area contributed by atoms with Crippen LogP contribution in [0.15, 0.2) is 4.99 Å². The molecule has 5 nitrogen and oxygen atoms in total. The van der Waals surface area contributed by atoms with Crippen LogP contribution in [0.2, 0.25) is 0 Å². The molecule has 0 aliphatic rings. The third-order valence-corrected chi connectivity index (χ3v) is 2.09. The van der Waals surface area contributed by atoms with Crippen molar-refractivity contribution in [1.29, 1.82) is 0 Å². The monoisotopic (exact) mass is 370 g/mol. The number of guanidine groups is 1. The van der Waals surface area contributed by atoms with Gasteiger partial charge in [-0.1, -0.05) is 13.8 Å². The average Bonchev–Trinajstić information content (AvgIpc) is 2.25. The molecular formula is C12H27IN4O. The van der Waals surface area contributed by atoms with Crippen molar-refractivity contribution in [3.63, 3.8) is 0 Å². The van der Waals surface area contributed by atoms with Gasteiger partial charge in [0, 0.05) is 40.2 Å². The standard InChI is InChI=1S/C12H26N4O.HI/c1-6-13-12(15-9-10(2)3)14-8-7-11(17)16(4)5;/h10H,6-9H2,1-5H3,(H2,13,14,15);1H. The number of halogens is 1. The second-order valence-corrected chi connectivity index (χ2v) is 4.58. The Morgan fingerprint density at radius 1 is 1.28 bits per heavy atom. The summed E-state index contributed by atoms with van der Waals surface area (Å²) in [5, 5.41) is 6.31. The number of aliphatic imine (C=N–C) groups is 1. The fourth-order valence-corrected chi connectivity index (χ4v) is 1.13. The van der Waals surface area contributed by atoms with E-state index in [0.29, 0.717) is 18.9 Å². The molecular weight excluding hydrogens is 343 g/mol. The predicted octanol–water partition coefficient (Wildman–Crippen LogP) is 1.29. The van der Waals surface area contributed by atoms with Crippen molar-refractivity contribution < 1.29 is 4.79 Å². The molecule has 0 heterocycles. The Hall–Kier alpha value is -0.530. The number of carbonyl (C=O) groups is 1. The molecule has 0 aromatic heterocycles. The number of hydrogen-bond donors (Lipinski definition) is 2. The fraction of sp³-hybridized carbons (Fsp3) is 0.833. The van der Waals surface area contributed by atoms with Gasteiger partial charge >= 0.3 is 0 Å². The van der Waals surface area contributed by atoms with Gasteiger partial charge < -0.3 is 15.5 Å². The number of rotatable bonds is 6. The van der Waals surface area contributed by atoms with Crippen LogP contribution in [0.5, 0.6) is 0 Å². The van der Waals surface area contributed by atoms with E-state index in [1.807, 2.05) is 6.92 Å². The van der Waals surface area contributed by atoms with Gasteiger partial charge in [0.1, 0.15) is 0 Å². The molecule has 108 valence electrons. The third-order valence-electron chi connectivity index (χ3n) is 2.09. The molecule has 0 aliphatic heterocycles. The zero-order valence-corrected chi connectivity index (χ0v) is 14.4. The van der Waals surface area contributed by atoms with Crippen LogP contribution in [0.25, 0.3) is 0 Å². The second-order valence-electron chi connectivity index (χ2n) is 4.58. The minimum absolute atomic E-state index is 0. The zero-order valence-electron chi connectivity index (χ0n) is 12.1. The van der Waals surface area contributed by atoms with Crippen molar-refractivity contribution in [2.75, 3.05) is 33.7 Å². The van der Waals surface area contributed by atoms with E-state index >= 15 is 0 Å². The van der Waals surface area contributed by atoms with Crippen molar-refractivity contribution in [2.24, 2.45) is 10.9 Å². The number of hydrogen-bond acceptors (Lipinski definition) is 2. The van der Waals surface area contributed by atoms with Gasteiger partial charge in [-0.15, -0.1) is 24.0 Å². The molecule has 0 saturated heterocycles. The highest BCUT2D eigenvalue weighted by Crippen LogP contribution is 1.91. The number of nitrogens with zero attached hydrogens (tertiary/aromatic N) is 2. The van der Waals surface area contributed by atoms with Gasteiger partial charge in [0.25, 0.3) is 0 Å². The summed E-state index contributed by atoms with van der Waals surface area (Å²) < 4.78 is 0. The van der Waals surface area contributed by atoms with E-state index < -0.39 is 0 Å². The van der Waals surface area contributed by atoms with Gasteiger partial charge in [0.2, 0.25) is 5.91 Å². The Balaban J connectivity index is 0. The second kappa shape index (κ2) is 11.6. The molecule has 0 rings (SSSR count). The molecule has 0 bridgehead atoms. The summed E-state index contributed by atoms with van der Waals surface area (Å²) in [4.78, 5) is 17.4. The molecule has 0 radical (unpaired) electrons. The highest BCUT2D eigenvalue weighted by Gasteiger charge is 2.04. The number of nitrogens with one attached hydrogen (secondary N) is 2. The van der Waals surface area contributed by atoms with E-state index in [0.717, 1.165) is 19.0 Å². The Morgan fingerprint density at radius 2 is 1.89 bits per heavy atom. The molecule has 0 unspecified atom stereocenters. The van der Waals surface area contributed by atoms with Gasteiger partial charge in [-0.25, -0.2) is 0 Å². The minimum Gasteiger partial charge on any atom is -0.357 e. The Kier molecular flexibility index (Phi) is 12.7. The SMILES string of the molecule is CCNC(=NCC(C)C)NCCC(=O)N(C)C.I. The van der Waals surface area contributed by atoms with Gasteiger partial charge in [-0.3, -0.25) is 9.79 Å². The summed E-state index contributed by atoms with van der Waals surface area (Å²) in [7, 11) is 3.53. The van der Waals surface area contributed by atoms with Gasteiger partial charge in [-0.05, 0) is 12.8 Å². The Morgan fingerprint density at radius 3 is 2.33 bits per heavy atom. The molecule has 2 N–H and O–H groups in total. The van der Waals surface area contributed by atoms with Crippen LogP contribution < -0.4 is 10.6 Å². The van der Waals surface area contributed by atoms with E-state index in [4.69, 9.17) is 0 Å². The van der Waals surface area contributed by atoms with E-state index in [1.165, 1.54) is 0 Å². The van der Waals surface area contributed by atoms with Gasteiger partial charge in [0.05, 0.1) is 0 Å². The average molecular weight is 370 g/mol. The highest BCUT2D eigenvalue weighted by atomic mass is 127. The maximum absolute atomic E-state index is 11.4. The summed E-state index contributed by atoms with van der Waals surface area (Å²) >= 11 is 0. The van der Waals surface area contributed by atoms with Crippen molar-refractivity contribution in [1.82, 2.24) is 15.5 Å². The highest BCUT2D eigenvalue weighted by molar-refractivity contribution is 14.0. The Bertz CT molecular complexity index is 254. The molecule has 6 heteroatoms. The first-order chi connectivity index (χ1) is 7.97. The summed E-state index contributed by atoms with van der Waals surface area (Å²) in [5.74, 6) is 1.44. The molecule has 18 heavy (non-hydrogen) atoms. The molecule has 0 spiro atoms. The summed E-state index contributed by atoms with van der Waals surface area (Å²) in [6, 6.07) is 0. The van der Waals surface area contributed by atoms with Crippen LogP contribution in [0.1, 0.15) is 27.2 Å². The van der Waals surface area contributed by atoms with Crippen LogP contribution in [0.4, 0.5) is 0 Å². The van der Waals surface area contributed by atoms with Crippen molar-refractivity contribution in [2.45, 2.75) is 27.2 Å². The van der Waals surface area contributed by atoms with E-state index in [-0.39, 0.29) is 29.9 Å². The van der Waals surface area contributed by atoms with Crippen molar-refractivity contribution in [3.8, 4) is 0 Å². The number of carbonyl (C=O) groups excluding carboxylic acids is 1. The van der Waals surface area contributed by atoms with Crippen LogP contribution in [0.3, 0.4) is 0 Å². The van der Waals surface area contributed by atoms with Gasteiger partial charge in [0.15, 0.2) is 5.96 Å². The molecule has 0 aliphatic carbocycles. The molecule has 1 amide bonds. The molecule has 0 fully saturated rings. The first kappa shape index (κ1) is 19.8. The van der Waals surface area contributed by atoms with Crippen LogP contribution >= 0.6 is 24.0 Å². The zero-order chi connectivity index (χ0) is 13.3. The summed E-state index contributed by atoms with van der Waals surface area (Å²) in [6.07, 6.45) is 0.485. The van der Waals surface area contributed by atoms with E-state index in [1.54, 1.807) is 19.0 Å². The third kappa shape index (κ3) is 10.6. The molecule has 0 aromatic rings. The van der Waals surface area contributed by atoms with Crippen molar-refractivity contribution >= 4 is 35.8 Å². The normalized spacial score (nSPS) is 10.9. The summed E-state index contributed by atoms with van der Waals surface area (Å²) in [5.41, 5.74) is 0. The topological polar surface area (TPSA) is 56.7 Å². The van der Waals surface area contributed by atoms with E-state index in [9.17, 15) is 4.79 Å². The lowest BCUT2D eigenvalue weighted by Gasteiger charge is -2.13. The first-order valence-electron chi connectivity index (χ1n) is 6.19. The summed E-state index contributed by atoms with van der Waals surface area (Å²) in [6.45, 7) is 8.51. The van der Waals surface area contributed by atoms with Crippen LogP contribution in [-0.2, 0) is 4.79 Å². The van der Waals surface area contributed by atoms with Crippen LogP contribution in [0, 0.1) is 5.92 Å². The lowest BCUT2D eigenvalue weighted by Crippen LogP contribution is -2.39. The first-order valence-corrected chi connectivity index (χ1v) is 6.19. The predicted molar refractivity (Wildman–Crippen MR) is 87.5 cm³/mol. The lowest BCUT2D eigenvalue weighted by atomic mass is 10.2. The Labute approximate surface area is 128 Å². The maximum Gasteiger partial charge on any atom is 0.223 e. The largest absolute Gasteiger partial charge is 0.357 e. The quantitative estimate of drug-likeness (QED) is 0.421. The molecule has 0 atom stereocenters. The van der Waals surface area contributed by atoms with E-state index in [2.05, 4.69) is 29.5 Å². The van der Waals surface area contributed by atoms with Crippen molar-refractivity contribution in [3.05, 3.63) is 0 Å². The minimum atomic E-state index is 0. The maximum atomic E-state index is 11.4. The number of amides is 1. The van der Waals surface area contributed by atoms with Crippen LogP contribution in [-0.4, -0.2) is 50.5 Å². The van der Waals surface area contributed by atoms with Gasteiger partial charge in [-0.2, -0.15) is 0 Å².